The van der Waals surface area contributed by atoms with Crippen molar-refractivity contribution in [2.24, 2.45) is 5.41 Å². The van der Waals surface area contributed by atoms with Crippen molar-refractivity contribution in [3.05, 3.63) is 0 Å². The van der Waals surface area contributed by atoms with E-state index >= 15 is 0 Å². The maximum atomic E-state index is 11.9. The second kappa shape index (κ2) is 6.50. The standard InChI is InChI=1S/C10H21O5P/c1-10(2,6-7-13-3)9(11)8-16(12,14-4)15-5/h6-8H2,1-5H3. The van der Waals surface area contributed by atoms with Crippen molar-refractivity contribution < 1.29 is 23.1 Å². The van der Waals surface area contributed by atoms with E-state index in [4.69, 9.17) is 13.8 Å². The third-order valence-electron chi connectivity index (χ3n) is 2.58. The monoisotopic (exact) mass is 252 g/mol. The van der Waals surface area contributed by atoms with Crippen LogP contribution in [0.3, 0.4) is 0 Å². The van der Waals surface area contributed by atoms with Gasteiger partial charge in [-0.1, -0.05) is 13.8 Å². The Hall–Kier alpha value is -0.220. The molecule has 0 heterocycles. The van der Waals surface area contributed by atoms with Crippen LogP contribution in [0.25, 0.3) is 0 Å². The van der Waals surface area contributed by atoms with Crippen LogP contribution in [-0.2, 0) is 23.1 Å². The molecule has 0 bridgehead atoms. The summed E-state index contributed by atoms with van der Waals surface area (Å²) in [6.07, 6.45) is 0.381. The molecule has 0 unspecified atom stereocenters. The molecular formula is C10H21O5P. The second-order valence-corrected chi connectivity index (χ2v) is 6.45. The minimum atomic E-state index is -3.26. The number of carbonyl (C=O) groups is 1. The Morgan fingerprint density at radius 2 is 1.69 bits per heavy atom. The fraction of sp³-hybridized carbons (Fsp3) is 0.900. The van der Waals surface area contributed by atoms with Crippen LogP contribution in [0.2, 0.25) is 0 Å². The van der Waals surface area contributed by atoms with Gasteiger partial charge in [0.25, 0.3) is 0 Å². The number of Topliss-reactive ketones (excluding diaryl/α,β-unsaturated/α-hetero) is 1. The van der Waals surface area contributed by atoms with Gasteiger partial charge >= 0.3 is 7.60 Å². The average molecular weight is 252 g/mol. The average Bonchev–Trinajstić information content (AvgIpc) is 2.26. The molecule has 6 heteroatoms. The Kier molecular flexibility index (Phi) is 6.41. The Morgan fingerprint density at radius 1 is 1.19 bits per heavy atom. The summed E-state index contributed by atoms with van der Waals surface area (Å²) in [5.41, 5.74) is -0.581. The lowest BCUT2D eigenvalue weighted by molar-refractivity contribution is -0.125. The predicted molar refractivity (Wildman–Crippen MR) is 61.8 cm³/mol. The van der Waals surface area contributed by atoms with Gasteiger partial charge in [-0.15, -0.1) is 0 Å². The summed E-state index contributed by atoms with van der Waals surface area (Å²) in [4.78, 5) is 11.9. The number of hydrogen-bond acceptors (Lipinski definition) is 5. The summed E-state index contributed by atoms with van der Waals surface area (Å²) in [7, 11) is 0.878. The Bertz CT molecular complexity index is 266. The topological polar surface area (TPSA) is 61.8 Å². The normalized spacial score (nSPS) is 12.8. The molecule has 0 rings (SSSR count). The van der Waals surface area contributed by atoms with E-state index in [1.54, 1.807) is 21.0 Å². The Labute approximate surface area is 97.0 Å². The molecule has 0 aromatic carbocycles. The van der Waals surface area contributed by atoms with Crippen LogP contribution in [0, 0.1) is 5.41 Å². The summed E-state index contributed by atoms with van der Waals surface area (Å²) in [5.74, 6) is -0.142. The summed E-state index contributed by atoms with van der Waals surface area (Å²) in [5, 5.41) is 0. The van der Waals surface area contributed by atoms with Crippen molar-refractivity contribution in [1.82, 2.24) is 0 Å². The summed E-state index contributed by atoms with van der Waals surface area (Å²) >= 11 is 0. The van der Waals surface area contributed by atoms with E-state index in [2.05, 4.69) is 0 Å². The molecule has 5 nitrogen and oxygen atoms in total. The van der Waals surface area contributed by atoms with Crippen molar-refractivity contribution in [2.75, 3.05) is 34.1 Å². The van der Waals surface area contributed by atoms with Gasteiger partial charge in [0, 0.05) is 33.4 Å². The van der Waals surface area contributed by atoms with Crippen LogP contribution < -0.4 is 0 Å². The highest BCUT2D eigenvalue weighted by Crippen LogP contribution is 2.47. The molecule has 0 fully saturated rings. The van der Waals surface area contributed by atoms with Gasteiger partial charge in [-0.2, -0.15) is 0 Å². The zero-order valence-electron chi connectivity index (χ0n) is 10.6. The maximum absolute atomic E-state index is 11.9. The lowest BCUT2D eigenvalue weighted by Crippen LogP contribution is -2.29. The van der Waals surface area contributed by atoms with E-state index in [1.165, 1.54) is 14.2 Å². The van der Waals surface area contributed by atoms with Gasteiger partial charge in [-0.05, 0) is 6.42 Å². The van der Waals surface area contributed by atoms with Gasteiger partial charge in [-0.3, -0.25) is 9.36 Å². The molecule has 0 radical (unpaired) electrons. The van der Waals surface area contributed by atoms with Crippen molar-refractivity contribution in [3.8, 4) is 0 Å². The lowest BCUT2D eigenvalue weighted by atomic mass is 9.86. The first-order valence-corrected chi connectivity index (χ1v) is 6.77. The van der Waals surface area contributed by atoms with Gasteiger partial charge < -0.3 is 13.8 Å². The predicted octanol–water partition coefficient (Wildman–Crippen LogP) is 2.10. The Morgan fingerprint density at radius 3 is 2.06 bits per heavy atom. The molecule has 0 spiro atoms. The summed E-state index contributed by atoms with van der Waals surface area (Å²) < 4.78 is 26.2. The molecule has 0 aliphatic rings. The largest absolute Gasteiger partial charge is 0.385 e. The van der Waals surface area contributed by atoms with Crippen LogP contribution in [0.5, 0.6) is 0 Å². The van der Waals surface area contributed by atoms with Crippen LogP contribution in [0.1, 0.15) is 20.3 Å². The molecule has 0 aliphatic carbocycles. The first-order chi connectivity index (χ1) is 7.31. The van der Waals surface area contributed by atoms with Crippen molar-refractivity contribution in [2.45, 2.75) is 20.3 Å². The van der Waals surface area contributed by atoms with Crippen molar-refractivity contribution >= 4 is 13.4 Å². The van der Waals surface area contributed by atoms with E-state index in [0.29, 0.717) is 13.0 Å². The molecule has 0 aromatic rings. The summed E-state index contributed by atoms with van der Waals surface area (Å²) in [6.45, 7) is 4.08. The highest BCUT2D eigenvalue weighted by atomic mass is 31.2. The SMILES string of the molecule is COCCC(C)(C)C(=O)CP(=O)(OC)OC. The Balaban J connectivity index is 4.50. The van der Waals surface area contributed by atoms with E-state index in [0.717, 1.165) is 0 Å². The molecule has 0 saturated carbocycles. The van der Waals surface area contributed by atoms with E-state index in [9.17, 15) is 9.36 Å². The fourth-order valence-corrected chi connectivity index (χ4v) is 2.28. The number of rotatable bonds is 8. The van der Waals surface area contributed by atoms with Gasteiger partial charge in [0.15, 0.2) is 5.78 Å². The molecule has 0 saturated heterocycles. The molecule has 96 valence electrons. The zero-order valence-corrected chi connectivity index (χ0v) is 11.5. The molecule has 0 aromatic heterocycles. The van der Waals surface area contributed by atoms with E-state index in [1.807, 2.05) is 0 Å². The molecular weight excluding hydrogens is 231 g/mol. The van der Waals surface area contributed by atoms with E-state index < -0.39 is 13.0 Å². The third kappa shape index (κ3) is 4.74. The molecule has 0 atom stereocenters. The maximum Gasteiger partial charge on any atom is 0.337 e. The number of hydrogen-bond donors (Lipinski definition) is 0. The third-order valence-corrected chi connectivity index (χ3v) is 4.37. The highest BCUT2D eigenvalue weighted by Gasteiger charge is 2.34. The number of ketones is 1. The van der Waals surface area contributed by atoms with Gasteiger partial charge in [-0.25, -0.2) is 0 Å². The lowest BCUT2D eigenvalue weighted by Gasteiger charge is -2.24. The van der Waals surface area contributed by atoms with Gasteiger partial charge in [0.1, 0.15) is 6.16 Å². The number of methoxy groups -OCH3 is 1. The highest BCUT2D eigenvalue weighted by molar-refractivity contribution is 7.54. The van der Waals surface area contributed by atoms with Crippen molar-refractivity contribution in [1.29, 1.82) is 0 Å². The quantitative estimate of drug-likeness (QED) is 0.619. The molecule has 16 heavy (non-hydrogen) atoms. The van der Waals surface area contributed by atoms with Crippen LogP contribution in [0.15, 0.2) is 0 Å². The number of carbonyl (C=O) groups excluding carboxylic acids is 1. The zero-order chi connectivity index (χ0) is 12.8. The molecule has 0 amide bonds. The van der Waals surface area contributed by atoms with E-state index in [-0.39, 0.29) is 11.9 Å². The molecule has 0 aliphatic heterocycles. The van der Waals surface area contributed by atoms with Crippen LogP contribution in [-0.4, -0.2) is 39.9 Å². The van der Waals surface area contributed by atoms with Gasteiger partial charge in [0.05, 0.1) is 0 Å². The fourth-order valence-electron chi connectivity index (χ4n) is 1.09. The molecule has 0 N–H and O–H groups in total. The second-order valence-electron chi connectivity index (χ2n) is 4.18. The van der Waals surface area contributed by atoms with Crippen molar-refractivity contribution in [3.63, 3.8) is 0 Å². The number of ether oxygens (including phenoxy) is 1. The smallest absolute Gasteiger partial charge is 0.337 e. The van der Waals surface area contributed by atoms with Gasteiger partial charge in [0.2, 0.25) is 0 Å². The van der Waals surface area contributed by atoms with Crippen LogP contribution >= 0.6 is 7.60 Å². The minimum absolute atomic E-state index is 0.142. The first kappa shape index (κ1) is 15.8. The first-order valence-electron chi connectivity index (χ1n) is 5.04. The van der Waals surface area contributed by atoms with Crippen LogP contribution in [0.4, 0.5) is 0 Å². The minimum Gasteiger partial charge on any atom is -0.385 e. The summed E-state index contributed by atoms with van der Waals surface area (Å²) in [6, 6.07) is 0.